The lowest BCUT2D eigenvalue weighted by Gasteiger charge is -2.07. The lowest BCUT2D eigenvalue weighted by molar-refractivity contribution is 0.184. The van der Waals surface area contributed by atoms with Crippen molar-refractivity contribution in [2.45, 2.75) is 6.61 Å². The molecule has 0 bridgehead atoms. The van der Waals surface area contributed by atoms with Crippen LogP contribution in [0.25, 0.3) is 0 Å². The second-order valence-corrected chi connectivity index (χ2v) is 4.44. The number of benzene rings is 1. The molecule has 2 rings (SSSR count). The van der Waals surface area contributed by atoms with E-state index in [2.05, 4.69) is 20.9 Å². The maximum absolute atomic E-state index is 5.70. The quantitative estimate of drug-likeness (QED) is 0.860. The maximum Gasteiger partial charge on any atom is 0.146 e. The molecule has 1 aromatic heterocycles. The Morgan fingerprint density at radius 2 is 2.06 bits per heavy atom. The fraction of sp³-hybridized carbons (Fsp3) is 0.154. The molecule has 88 valence electrons. The third kappa shape index (κ3) is 3.54. The van der Waals surface area contributed by atoms with E-state index in [1.165, 1.54) is 0 Å². The highest BCUT2D eigenvalue weighted by molar-refractivity contribution is 9.10. The van der Waals surface area contributed by atoms with E-state index in [-0.39, 0.29) is 0 Å². The molecule has 0 amide bonds. The zero-order chi connectivity index (χ0) is 12.1. The molecule has 1 heterocycles. The molecule has 0 radical (unpaired) electrons. The minimum absolute atomic E-state index is 0.577. The Morgan fingerprint density at radius 1 is 1.18 bits per heavy atom. The van der Waals surface area contributed by atoms with E-state index < -0.39 is 0 Å². The van der Waals surface area contributed by atoms with Gasteiger partial charge < -0.3 is 9.47 Å². The lowest BCUT2D eigenvalue weighted by Crippen LogP contribution is -1.89. The van der Waals surface area contributed by atoms with E-state index in [9.17, 15) is 0 Å². The van der Waals surface area contributed by atoms with Crippen molar-refractivity contribution in [2.75, 3.05) is 7.11 Å². The van der Waals surface area contributed by atoms with Gasteiger partial charge in [-0.25, -0.2) is 0 Å². The fourth-order valence-electron chi connectivity index (χ4n) is 1.45. The summed E-state index contributed by atoms with van der Waals surface area (Å²) in [6, 6.07) is 9.66. The predicted molar refractivity (Wildman–Crippen MR) is 69.2 cm³/mol. The summed E-state index contributed by atoms with van der Waals surface area (Å²) in [5.74, 6) is 1.48. The minimum Gasteiger partial charge on any atom is -0.456 e. The number of methoxy groups -OCH3 is 1. The van der Waals surface area contributed by atoms with Crippen LogP contribution < -0.4 is 4.74 Å². The van der Waals surface area contributed by atoms with E-state index in [0.717, 1.165) is 15.8 Å². The zero-order valence-corrected chi connectivity index (χ0v) is 11.0. The highest BCUT2D eigenvalue weighted by Gasteiger charge is 2.00. The van der Waals surface area contributed by atoms with E-state index >= 15 is 0 Å². The molecule has 0 aliphatic carbocycles. The third-order valence-corrected chi connectivity index (χ3v) is 2.56. The minimum atomic E-state index is 0.577. The van der Waals surface area contributed by atoms with E-state index in [4.69, 9.17) is 9.47 Å². The standard InChI is InChI=1S/C13H12BrNO2/c1-16-9-10-3-2-4-12(5-10)17-13-6-11(14)7-15-8-13/h2-8H,9H2,1H3. The van der Waals surface area contributed by atoms with E-state index in [0.29, 0.717) is 12.4 Å². The van der Waals surface area contributed by atoms with Crippen LogP contribution in [0.5, 0.6) is 11.5 Å². The maximum atomic E-state index is 5.70. The van der Waals surface area contributed by atoms with Crippen LogP contribution in [0.1, 0.15) is 5.56 Å². The van der Waals surface area contributed by atoms with Gasteiger partial charge in [0.2, 0.25) is 0 Å². The second-order valence-electron chi connectivity index (χ2n) is 3.52. The third-order valence-electron chi connectivity index (χ3n) is 2.12. The summed E-state index contributed by atoms with van der Waals surface area (Å²) in [7, 11) is 1.67. The van der Waals surface area contributed by atoms with Crippen LogP contribution in [0.2, 0.25) is 0 Å². The molecule has 0 saturated heterocycles. The van der Waals surface area contributed by atoms with Gasteiger partial charge >= 0.3 is 0 Å². The van der Waals surface area contributed by atoms with Crippen molar-refractivity contribution in [2.24, 2.45) is 0 Å². The Labute approximate surface area is 109 Å². The van der Waals surface area contributed by atoms with Gasteiger partial charge in [0.05, 0.1) is 12.8 Å². The highest BCUT2D eigenvalue weighted by atomic mass is 79.9. The number of pyridine rings is 1. The van der Waals surface area contributed by atoms with Gasteiger partial charge in [0.25, 0.3) is 0 Å². The molecule has 4 heteroatoms. The Balaban J connectivity index is 2.15. The molecule has 0 fully saturated rings. The summed E-state index contributed by atoms with van der Waals surface area (Å²) >= 11 is 3.35. The van der Waals surface area contributed by atoms with Crippen molar-refractivity contribution in [3.05, 3.63) is 52.8 Å². The van der Waals surface area contributed by atoms with Crippen LogP contribution in [0.4, 0.5) is 0 Å². The van der Waals surface area contributed by atoms with Crippen LogP contribution in [0, 0.1) is 0 Å². The molecule has 0 spiro atoms. The molecule has 0 saturated carbocycles. The number of aromatic nitrogens is 1. The first kappa shape index (κ1) is 12.1. The zero-order valence-electron chi connectivity index (χ0n) is 9.39. The summed E-state index contributed by atoms with van der Waals surface area (Å²) in [6.45, 7) is 0.577. The Morgan fingerprint density at radius 3 is 2.82 bits per heavy atom. The summed E-state index contributed by atoms with van der Waals surface area (Å²) in [5.41, 5.74) is 1.08. The van der Waals surface area contributed by atoms with Gasteiger partial charge in [0, 0.05) is 17.8 Å². The first-order chi connectivity index (χ1) is 8.28. The van der Waals surface area contributed by atoms with Gasteiger partial charge in [-0.1, -0.05) is 12.1 Å². The molecular weight excluding hydrogens is 282 g/mol. The Hall–Kier alpha value is -1.39. The van der Waals surface area contributed by atoms with Gasteiger partial charge in [-0.2, -0.15) is 0 Å². The monoisotopic (exact) mass is 293 g/mol. The van der Waals surface area contributed by atoms with E-state index in [1.807, 2.05) is 30.3 Å². The van der Waals surface area contributed by atoms with Crippen molar-refractivity contribution >= 4 is 15.9 Å². The van der Waals surface area contributed by atoms with Crippen molar-refractivity contribution in [3.8, 4) is 11.5 Å². The van der Waals surface area contributed by atoms with Gasteiger partial charge in [-0.15, -0.1) is 0 Å². The van der Waals surface area contributed by atoms with Gasteiger partial charge in [0.1, 0.15) is 11.5 Å². The summed E-state index contributed by atoms with van der Waals surface area (Å²) in [4.78, 5) is 4.04. The number of halogens is 1. The van der Waals surface area contributed by atoms with Crippen molar-refractivity contribution in [1.29, 1.82) is 0 Å². The molecule has 1 aromatic carbocycles. The average Bonchev–Trinajstić information content (AvgIpc) is 2.30. The summed E-state index contributed by atoms with van der Waals surface area (Å²) < 4.78 is 11.7. The Bertz CT molecular complexity index is 502. The van der Waals surface area contributed by atoms with Crippen LogP contribution >= 0.6 is 15.9 Å². The Kier molecular flexibility index (Phi) is 4.12. The predicted octanol–water partition coefficient (Wildman–Crippen LogP) is 3.78. The van der Waals surface area contributed by atoms with E-state index in [1.54, 1.807) is 19.5 Å². The summed E-state index contributed by atoms with van der Waals surface area (Å²) in [5, 5.41) is 0. The summed E-state index contributed by atoms with van der Waals surface area (Å²) in [6.07, 6.45) is 3.39. The van der Waals surface area contributed by atoms with Crippen LogP contribution in [0.3, 0.4) is 0 Å². The first-order valence-corrected chi connectivity index (χ1v) is 5.93. The molecule has 3 nitrogen and oxygen atoms in total. The van der Waals surface area contributed by atoms with Crippen LogP contribution in [-0.2, 0) is 11.3 Å². The van der Waals surface area contributed by atoms with Gasteiger partial charge in [0.15, 0.2) is 0 Å². The van der Waals surface area contributed by atoms with Gasteiger partial charge in [-0.3, -0.25) is 4.98 Å². The lowest BCUT2D eigenvalue weighted by atomic mass is 10.2. The molecular formula is C13H12BrNO2. The second kappa shape index (κ2) is 5.80. The molecule has 0 aliphatic rings. The number of ether oxygens (including phenoxy) is 2. The topological polar surface area (TPSA) is 31.4 Å². The van der Waals surface area contributed by atoms with Crippen molar-refractivity contribution in [3.63, 3.8) is 0 Å². The van der Waals surface area contributed by atoms with Gasteiger partial charge in [-0.05, 0) is 39.7 Å². The fourth-order valence-corrected chi connectivity index (χ4v) is 1.79. The van der Waals surface area contributed by atoms with Crippen molar-refractivity contribution in [1.82, 2.24) is 4.98 Å². The van der Waals surface area contributed by atoms with Crippen LogP contribution in [0.15, 0.2) is 47.2 Å². The number of rotatable bonds is 4. The molecule has 17 heavy (non-hydrogen) atoms. The van der Waals surface area contributed by atoms with Crippen molar-refractivity contribution < 1.29 is 9.47 Å². The first-order valence-electron chi connectivity index (χ1n) is 5.14. The normalized spacial score (nSPS) is 10.2. The molecule has 0 N–H and O–H groups in total. The molecule has 2 aromatic rings. The smallest absolute Gasteiger partial charge is 0.146 e. The largest absolute Gasteiger partial charge is 0.456 e. The molecule has 0 atom stereocenters. The number of hydrogen-bond acceptors (Lipinski definition) is 3. The number of nitrogens with zero attached hydrogens (tertiary/aromatic N) is 1. The highest BCUT2D eigenvalue weighted by Crippen LogP contribution is 2.24. The van der Waals surface area contributed by atoms with Crippen LogP contribution in [-0.4, -0.2) is 12.1 Å². The number of hydrogen-bond donors (Lipinski definition) is 0. The molecule has 0 unspecified atom stereocenters. The molecule has 0 aliphatic heterocycles. The average molecular weight is 294 g/mol. The SMILES string of the molecule is COCc1cccc(Oc2cncc(Br)c2)c1.